The Morgan fingerprint density at radius 3 is 2.11 bits per heavy atom. The van der Waals surface area contributed by atoms with Crippen LogP contribution in [0.2, 0.25) is 0 Å². The van der Waals surface area contributed by atoms with Crippen molar-refractivity contribution >= 4 is 29.0 Å². The van der Waals surface area contributed by atoms with E-state index in [4.69, 9.17) is 0 Å². The van der Waals surface area contributed by atoms with Gasteiger partial charge in [0.15, 0.2) is 17.2 Å². The van der Waals surface area contributed by atoms with Crippen LogP contribution in [0.3, 0.4) is 0 Å². The van der Waals surface area contributed by atoms with Crippen LogP contribution in [0.1, 0.15) is 58.5 Å². The number of ketones is 1. The van der Waals surface area contributed by atoms with Gasteiger partial charge >= 0.3 is 20.4 Å². The molecule has 8 heteroatoms. The average Bonchev–Trinajstić information content (AvgIpc) is 3.16. The summed E-state index contributed by atoms with van der Waals surface area (Å²) >= 11 is 0. The number of allylic oxidation sites excluding steroid dienone is 1. The number of aliphatic hydroxyl groups is 1. The standard InChI is InChI=1S/C29H27N3O4.Pd/c1-3-21(4-2)32-28(35)22-16-11-17-23(25(22)29(32)36)30-31-26(27(34)20-14-9-6-10-15-20)24(33)18-19-12-7-5-8-13-19;/h5-17,21,34H,3-4,18H2,1-2H3;/q;+2. The van der Waals surface area contributed by atoms with E-state index in [2.05, 4.69) is 10.2 Å². The third-order valence-corrected chi connectivity index (χ3v) is 6.23. The number of fused-ring (bicyclic) bond motifs is 1. The first-order valence-corrected chi connectivity index (χ1v) is 11.9. The smallest absolute Gasteiger partial charge is 0.505 e. The van der Waals surface area contributed by atoms with E-state index in [0.29, 0.717) is 18.4 Å². The molecule has 0 aliphatic carbocycles. The minimum atomic E-state index is -0.431. The van der Waals surface area contributed by atoms with Gasteiger partial charge in [0.25, 0.3) is 11.8 Å². The molecule has 3 aromatic rings. The van der Waals surface area contributed by atoms with Gasteiger partial charge in [0, 0.05) is 18.0 Å². The molecule has 1 aliphatic rings. The maximum absolute atomic E-state index is 13.2. The summed E-state index contributed by atoms with van der Waals surface area (Å²) in [5.41, 5.74) is 1.54. The van der Waals surface area contributed by atoms with E-state index in [1.165, 1.54) is 4.90 Å². The van der Waals surface area contributed by atoms with Gasteiger partial charge in [-0.25, -0.2) is 0 Å². The van der Waals surface area contributed by atoms with Crippen LogP contribution in [0.4, 0.5) is 5.69 Å². The first kappa shape index (κ1) is 27.9. The van der Waals surface area contributed by atoms with Crippen LogP contribution in [0, 0.1) is 0 Å². The fraction of sp³-hybridized carbons (Fsp3) is 0.207. The summed E-state index contributed by atoms with van der Waals surface area (Å²) in [6.07, 6.45) is 1.30. The van der Waals surface area contributed by atoms with Gasteiger partial charge in [0.1, 0.15) is 0 Å². The normalized spacial score (nSPS) is 13.5. The number of imide groups is 1. The fourth-order valence-electron chi connectivity index (χ4n) is 4.29. The Balaban J connectivity index is 0.00000380. The van der Waals surface area contributed by atoms with Crippen molar-refractivity contribution in [2.75, 3.05) is 0 Å². The number of amides is 2. The maximum atomic E-state index is 13.2. The number of Topliss-reactive ketones (excluding diaryl/α,β-unsaturated/α-hetero) is 1. The van der Waals surface area contributed by atoms with E-state index in [1.807, 2.05) is 44.2 Å². The molecule has 1 aliphatic heterocycles. The van der Waals surface area contributed by atoms with Crippen molar-refractivity contribution in [2.24, 2.45) is 10.2 Å². The van der Waals surface area contributed by atoms with Crippen LogP contribution in [-0.4, -0.2) is 33.6 Å². The number of rotatable bonds is 9. The van der Waals surface area contributed by atoms with Gasteiger partial charge < -0.3 is 5.11 Å². The van der Waals surface area contributed by atoms with Crippen LogP contribution in [-0.2, 0) is 31.6 Å². The quantitative estimate of drug-likeness (QED) is 0.105. The minimum absolute atomic E-state index is 0. The molecule has 190 valence electrons. The van der Waals surface area contributed by atoms with Crippen molar-refractivity contribution in [3.8, 4) is 0 Å². The Morgan fingerprint density at radius 1 is 0.865 bits per heavy atom. The fourth-order valence-corrected chi connectivity index (χ4v) is 4.29. The summed E-state index contributed by atoms with van der Waals surface area (Å²) in [4.78, 5) is 40.7. The molecule has 0 aromatic heterocycles. The van der Waals surface area contributed by atoms with E-state index >= 15 is 0 Å². The predicted octanol–water partition coefficient (Wildman–Crippen LogP) is 6.29. The summed E-state index contributed by atoms with van der Waals surface area (Å²) in [6.45, 7) is 3.86. The molecule has 0 saturated carbocycles. The number of azo groups is 1. The number of aliphatic hydroxyl groups excluding tert-OH is 1. The first-order chi connectivity index (χ1) is 17.5. The van der Waals surface area contributed by atoms with Crippen LogP contribution >= 0.6 is 0 Å². The van der Waals surface area contributed by atoms with Gasteiger partial charge in [-0.2, -0.15) is 0 Å². The monoisotopic (exact) mass is 587 g/mol. The summed E-state index contributed by atoms with van der Waals surface area (Å²) in [5.74, 6) is -1.52. The van der Waals surface area contributed by atoms with E-state index < -0.39 is 11.7 Å². The summed E-state index contributed by atoms with van der Waals surface area (Å²) < 4.78 is 0. The summed E-state index contributed by atoms with van der Waals surface area (Å²) in [6, 6.07) is 22.3. The van der Waals surface area contributed by atoms with Crippen molar-refractivity contribution in [3.05, 3.63) is 107 Å². The van der Waals surface area contributed by atoms with Crippen molar-refractivity contribution in [1.29, 1.82) is 0 Å². The summed E-state index contributed by atoms with van der Waals surface area (Å²) in [5, 5.41) is 19.3. The minimum Gasteiger partial charge on any atom is -0.505 e. The van der Waals surface area contributed by atoms with E-state index in [0.717, 1.165) is 5.56 Å². The van der Waals surface area contributed by atoms with Crippen molar-refractivity contribution < 1.29 is 39.9 Å². The maximum Gasteiger partial charge on any atom is 2.00 e. The molecule has 1 heterocycles. The van der Waals surface area contributed by atoms with Gasteiger partial charge in [-0.1, -0.05) is 80.6 Å². The molecule has 0 saturated heterocycles. The van der Waals surface area contributed by atoms with Gasteiger partial charge in [-0.05, 0) is 30.5 Å². The van der Waals surface area contributed by atoms with E-state index in [9.17, 15) is 19.5 Å². The molecule has 0 spiro atoms. The molecule has 2 amide bonds. The molecular formula is C29H27N3O4Pd+2. The molecule has 0 bridgehead atoms. The third kappa shape index (κ3) is 5.82. The van der Waals surface area contributed by atoms with Crippen LogP contribution in [0.25, 0.3) is 5.76 Å². The Morgan fingerprint density at radius 2 is 1.49 bits per heavy atom. The molecule has 0 unspecified atom stereocenters. The number of hydrogen-bond acceptors (Lipinski definition) is 6. The molecule has 7 nitrogen and oxygen atoms in total. The topological polar surface area (TPSA) is 99.4 Å². The van der Waals surface area contributed by atoms with Gasteiger partial charge in [-0.3, -0.25) is 19.3 Å². The van der Waals surface area contributed by atoms with E-state index in [-0.39, 0.29) is 67.1 Å². The van der Waals surface area contributed by atoms with Crippen LogP contribution < -0.4 is 0 Å². The Labute approximate surface area is 229 Å². The Bertz CT molecular complexity index is 1350. The van der Waals surface area contributed by atoms with Gasteiger partial charge in [0.2, 0.25) is 0 Å². The van der Waals surface area contributed by atoms with Crippen LogP contribution in [0.15, 0.2) is 94.8 Å². The van der Waals surface area contributed by atoms with Gasteiger partial charge in [0.05, 0.1) is 16.8 Å². The molecular weight excluding hydrogens is 561 g/mol. The molecule has 1 N–H and O–H groups in total. The second kappa shape index (κ2) is 12.5. The second-order valence-electron chi connectivity index (χ2n) is 8.50. The number of carbonyl (C=O) groups excluding carboxylic acids is 3. The van der Waals surface area contributed by atoms with Crippen molar-refractivity contribution in [3.63, 3.8) is 0 Å². The number of carbonyl (C=O) groups is 3. The molecule has 0 radical (unpaired) electrons. The second-order valence-corrected chi connectivity index (χ2v) is 8.50. The molecule has 37 heavy (non-hydrogen) atoms. The first-order valence-electron chi connectivity index (χ1n) is 11.9. The summed E-state index contributed by atoms with van der Waals surface area (Å²) in [7, 11) is 0. The molecule has 0 fully saturated rings. The predicted molar refractivity (Wildman–Crippen MR) is 137 cm³/mol. The number of nitrogens with zero attached hydrogens (tertiary/aromatic N) is 3. The Hall–Kier alpha value is -3.73. The van der Waals surface area contributed by atoms with Crippen LogP contribution in [0.5, 0.6) is 0 Å². The SMILES string of the molecule is CCC(CC)N1C(=O)c2cccc(N=NC(C(=O)Cc3ccccc3)=C(O)c3ccccc3)c2C1=O.[Pd+2]. The molecule has 4 rings (SSSR count). The Kier molecular flexibility index (Phi) is 9.40. The molecule has 0 atom stereocenters. The van der Waals surface area contributed by atoms with Crippen molar-refractivity contribution in [2.45, 2.75) is 39.2 Å². The van der Waals surface area contributed by atoms with E-state index in [1.54, 1.807) is 48.5 Å². The number of hydrogen-bond donors (Lipinski definition) is 1. The van der Waals surface area contributed by atoms with Gasteiger partial charge in [-0.15, -0.1) is 10.2 Å². The molecule has 3 aromatic carbocycles. The average molecular weight is 588 g/mol. The zero-order valence-electron chi connectivity index (χ0n) is 20.5. The zero-order chi connectivity index (χ0) is 25.7. The largest absolute Gasteiger partial charge is 2.00 e. The third-order valence-electron chi connectivity index (χ3n) is 6.23. The van der Waals surface area contributed by atoms with Crippen molar-refractivity contribution in [1.82, 2.24) is 4.90 Å². The number of benzene rings is 3. The zero-order valence-corrected chi connectivity index (χ0v) is 22.1.